The summed E-state index contributed by atoms with van der Waals surface area (Å²) < 4.78 is 15.9. The number of nitro benzene ring substituents is 1. The molecule has 2 aliphatic heterocycles. The van der Waals surface area contributed by atoms with Gasteiger partial charge in [-0.1, -0.05) is 17.3 Å². The van der Waals surface area contributed by atoms with Gasteiger partial charge in [0.25, 0.3) is 5.69 Å². The van der Waals surface area contributed by atoms with Gasteiger partial charge in [0.1, 0.15) is 12.3 Å². The van der Waals surface area contributed by atoms with Crippen LogP contribution < -0.4 is 14.4 Å². The molecule has 2 aromatic carbocycles. The second-order valence-corrected chi connectivity index (χ2v) is 6.30. The van der Waals surface area contributed by atoms with Crippen LogP contribution in [0, 0.1) is 10.1 Å². The third-order valence-electron chi connectivity index (χ3n) is 4.49. The van der Waals surface area contributed by atoms with Gasteiger partial charge >= 0.3 is 0 Å². The van der Waals surface area contributed by atoms with Crippen LogP contribution in [0.5, 0.6) is 11.5 Å². The predicted molar refractivity (Wildman–Crippen MR) is 101 cm³/mol. The Morgan fingerprint density at radius 3 is 2.79 bits per heavy atom. The van der Waals surface area contributed by atoms with Crippen LogP contribution in [0.15, 0.2) is 41.6 Å². The summed E-state index contributed by atoms with van der Waals surface area (Å²) in [7, 11) is 0. The van der Waals surface area contributed by atoms with Gasteiger partial charge in [-0.2, -0.15) is 0 Å². The van der Waals surface area contributed by atoms with Crippen LogP contribution in [0.25, 0.3) is 0 Å². The minimum atomic E-state index is -0.379. The number of oxime groups is 1. The number of benzene rings is 2. The van der Waals surface area contributed by atoms with E-state index in [2.05, 4.69) is 5.16 Å². The maximum atomic E-state index is 11.5. The Bertz CT molecular complexity index is 895. The van der Waals surface area contributed by atoms with E-state index in [0.717, 1.165) is 5.56 Å². The van der Waals surface area contributed by atoms with Crippen molar-refractivity contribution in [1.82, 2.24) is 0 Å². The molecule has 28 heavy (non-hydrogen) atoms. The zero-order chi connectivity index (χ0) is 19.3. The number of hydrogen-bond acceptors (Lipinski definition) is 8. The van der Waals surface area contributed by atoms with E-state index in [1.54, 1.807) is 12.1 Å². The second-order valence-electron chi connectivity index (χ2n) is 6.30. The molecule has 0 aliphatic carbocycles. The van der Waals surface area contributed by atoms with Crippen LogP contribution >= 0.6 is 0 Å². The summed E-state index contributed by atoms with van der Waals surface area (Å²) in [6, 6.07) is 10.5. The van der Waals surface area contributed by atoms with Crippen molar-refractivity contribution in [2.45, 2.75) is 6.61 Å². The van der Waals surface area contributed by atoms with Crippen LogP contribution in [0.1, 0.15) is 11.1 Å². The van der Waals surface area contributed by atoms with Crippen molar-refractivity contribution in [2.75, 3.05) is 38.0 Å². The van der Waals surface area contributed by atoms with E-state index in [-0.39, 0.29) is 24.0 Å². The van der Waals surface area contributed by atoms with Crippen molar-refractivity contribution >= 4 is 17.6 Å². The third kappa shape index (κ3) is 3.99. The van der Waals surface area contributed by atoms with E-state index < -0.39 is 0 Å². The molecule has 2 aromatic rings. The molecular formula is C19H19N3O6. The molecule has 1 fully saturated rings. The van der Waals surface area contributed by atoms with Gasteiger partial charge in [0.05, 0.1) is 24.4 Å². The number of nitrogens with zero attached hydrogens (tertiary/aromatic N) is 3. The Hall–Kier alpha value is -3.33. The minimum absolute atomic E-state index is 0.0432. The van der Waals surface area contributed by atoms with Crippen molar-refractivity contribution in [3.63, 3.8) is 0 Å². The first-order valence-corrected chi connectivity index (χ1v) is 8.86. The van der Waals surface area contributed by atoms with Crippen LogP contribution in [0.2, 0.25) is 0 Å². The number of anilines is 1. The molecule has 1 saturated heterocycles. The third-order valence-corrected chi connectivity index (χ3v) is 4.49. The van der Waals surface area contributed by atoms with Crippen molar-refractivity contribution in [1.29, 1.82) is 0 Å². The Balaban J connectivity index is 1.41. The van der Waals surface area contributed by atoms with E-state index in [1.165, 1.54) is 12.3 Å². The van der Waals surface area contributed by atoms with E-state index in [0.29, 0.717) is 49.1 Å². The van der Waals surface area contributed by atoms with E-state index in [1.807, 2.05) is 23.1 Å². The summed E-state index contributed by atoms with van der Waals surface area (Å²) in [5.41, 5.74) is 2.11. The summed E-state index contributed by atoms with van der Waals surface area (Å²) in [5, 5.41) is 15.4. The highest BCUT2D eigenvalue weighted by molar-refractivity contribution is 5.83. The molecule has 0 bridgehead atoms. The number of ether oxygens (including phenoxy) is 3. The molecule has 0 N–H and O–H groups in total. The molecule has 2 aliphatic rings. The highest BCUT2D eigenvalue weighted by atomic mass is 16.7. The SMILES string of the molecule is O=[N+]([O-])c1cc(/C=N\OCc2ccc3c(c2)OCO3)ccc1N1CCOCC1. The number of hydrogen-bond donors (Lipinski definition) is 0. The molecule has 9 heteroatoms. The molecule has 0 unspecified atom stereocenters. The topological polar surface area (TPSA) is 95.7 Å². The van der Waals surface area contributed by atoms with Gasteiger partial charge < -0.3 is 23.9 Å². The fourth-order valence-electron chi connectivity index (χ4n) is 3.08. The average molecular weight is 385 g/mol. The lowest BCUT2D eigenvalue weighted by Gasteiger charge is -2.28. The van der Waals surface area contributed by atoms with E-state index >= 15 is 0 Å². The summed E-state index contributed by atoms with van der Waals surface area (Å²) in [6.07, 6.45) is 1.46. The van der Waals surface area contributed by atoms with Gasteiger partial charge in [-0.15, -0.1) is 0 Å². The molecule has 0 spiro atoms. The second kappa shape index (κ2) is 8.13. The van der Waals surface area contributed by atoms with E-state index in [4.69, 9.17) is 19.0 Å². The van der Waals surface area contributed by atoms with Gasteiger partial charge in [0.15, 0.2) is 11.5 Å². The Morgan fingerprint density at radius 1 is 1.14 bits per heavy atom. The molecule has 0 aromatic heterocycles. The number of rotatable bonds is 6. The summed E-state index contributed by atoms with van der Waals surface area (Å²) >= 11 is 0. The monoisotopic (exact) mass is 385 g/mol. The molecule has 146 valence electrons. The van der Waals surface area contributed by atoms with Gasteiger partial charge in [-0.3, -0.25) is 10.1 Å². The highest BCUT2D eigenvalue weighted by Crippen LogP contribution is 2.32. The zero-order valence-electron chi connectivity index (χ0n) is 15.1. The molecule has 0 saturated carbocycles. The first kappa shape index (κ1) is 18.1. The maximum Gasteiger partial charge on any atom is 0.293 e. The van der Waals surface area contributed by atoms with Crippen molar-refractivity contribution in [3.8, 4) is 11.5 Å². The molecule has 4 rings (SSSR count). The van der Waals surface area contributed by atoms with Gasteiger partial charge in [0, 0.05) is 24.7 Å². The minimum Gasteiger partial charge on any atom is -0.454 e. The van der Waals surface area contributed by atoms with Gasteiger partial charge in [-0.05, 0) is 23.8 Å². The molecule has 9 nitrogen and oxygen atoms in total. The van der Waals surface area contributed by atoms with E-state index in [9.17, 15) is 10.1 Å². The lowest BCUT2D eigenvalue weighted by molar-refractivity contribution is -0.384. The smallest absolute Gasteiger partial charge is 0.293 e. The van der Waals surface area contributed by atoms with Crippen LogP contribution in [-0.4, -0.2) is 44.2 Å². The lowest BCUT2D eigenvalue weighted by Crippen LogP contribution is -2.36. The largest absolute Gasteiger partial charge is 0.454 e. The van der Waals surface area contributed by atoms with Gasteiger partial charge in [0.2, 0.25) is 6.79 Å². The maximum absolute atomic E-state index is 11.5. The summed E-state index contributed by atoms with van der Waals surface area (Å²) in [5.74, 6) is 1.39. The lowest BCUT2D eigenvalue weighted by atomic mass is 10.1. The normalized spacial score (nSPS) is 15.8. The summed E-state index contributed by atoms with van der Waals surface area (Å²) in [4.78, 5) is 18.4. The van der Waals surface area contributed by atoms with Crippen molar-refractivity contribution in [3.05, 3.63) is 57.6 Å². The number of morpholine rings is 1. The standard InChI is InChI=1S/C19H19N3O6/c23-22(24)17-9-14(1-3-16(17)21-5-7-25-8-6-21)11-20-28-12-15-2-4-18-19(10-15)27-13-26-18/h1-4,9-11H,5-8,12-13H2/b20-11-. The molecule has 0 atom stereocenters. The number of nitro groups is 1. The first-order chi connectivity index (χ1) is 13.7. The average Bonchev–Trinajstić information content (AvgIpc) is 3.19. The molecule has 0 radical (unpaired) electrons. The fraction of sp³-hybridized carbons (Fsp3) is 0.316. The van der Waals surface area contributed by atoms with Crippen LogP contribution in [0.3, 0.4) is 0 Å². The zero-order valence-corrected chi connectivity index (χ0v) is 15.1. The quantitative estimate of drug-likeness (QED) is 0.428. The highest BCUT2D eigenvalue weighted by Gasteiger charge is 2.21. The van der Waals surface area contributed by atoms with Gasteiger partial charge in [-0.25, -0.2) is 0 Å². The summed E-state index contributed by atoms with van der Waals surface area (Å²) in [6.45, 7) is 2.86. The number of fused-ring (bicyclic) bond motifs is 1. The predicted octanol–water partition coefficient (Wildman–Crippen LogP) is 2.71. The molecular weight excluding hydrogens is 366 g/mol. The molecule has 2 heterocycles. The Kier molecular flexibility index (Phi) is 5.24. The van der Waals surface area contributed by atoms with Crippen LogP contribution in [0.4, 0.5) is 11.4 Å². The van der Waals surface area contributed by atoms with Crippen molar-refractivity contribution in [2.24, 2.45) is 5.16 Å². The Labute approximate surface area is 161 Å². The first-order valence-electron chi connectivity index (χ1n) is 8.86. The fourth-order valence-corrected chi connectivity index (χ4v) is 3.08. The van der Waals surface area contributed by atoms with Crippen molar-refractivity contribution < 1.29 is 24.0 Å². The van der Waals surface area contributed by atoms with Crippen LogP contribution in [-0.2, 0) is 16.2 Å². The molecule has 0 amide bonds. The Morgan fingerprint density at radius 2 is 1.96 bits per heavy atom.